The Morgan fingerprint density at radius 1 is 1.31 bits per heavy atom. The lowest BCUT2D eigenvalue weighted by Gasteiger charge is -2.14. The fourth-order valence-electron chi connectivity index (χ4n) is 2.85. The number of aromatic amines is 1. The Labute approximate surface area is 155 Å². The molecule has 0 fully saturated rings. The van der Waals surface area contributed by atoms with Crippen molar-refractivity contribution in [3.05, 3.63) is 63.5 Å². The van der Waals surface area contributed by atoms with E-state index in [-0.39, 0.29) is 30.5 Å². The first kappa shape index (κ1) is 18.1. The van der Waals surface area contributed by atoms with E-state index in [1.54, 1.807) is 18.4 Å². The van der Waals surface area contributed by atoms with E-state index in [1.165, 1.54) is 4.57 Å². The Bertz CT molecular complexity index is 1000. The van der Waals surface area contributed by atoms with Gasteiger partial charge >= 0.3 is 0 Å². The Morgan fingerprint density at radius 2 is 2.12 bits per heavy atom. The van der Waals surface area contributed by atoms with Crippen molar-refractivity contribution in [2.75, 3.05) is 0 Å². The van der Waals surface area contributed by atoms with Gasteiger partial charge in [-0.25, -0.2) is 0 Å². The third-order valence-corrected chi connectivity index (χ3v) is 4.59. The molecule has 0 aliphatic rings. The maximum Gasteiger partial charge on any atom is 0.262 e. The van der Waals surface area contributed by atoms with Gasteiger partial charge in [0.15, 0.2) is 4.77 Å². The number of carbonyl (C=O) groups is 1. The summed E-state index contributed by atoms with van der Waals surface area (Å²) in [6, 6.07) is 11.0. The zero-order chi connectivity index (χ0) is 18.5. The average molecular weight is 371 g/mol. The lowest BCUT2D eigenvalue weighted by molar-refractivity contribution is -0.121. The zero-order valence-corrected chi connectivity index (χ0v) is 15.3. The van der Waals surface area contributed by atoms with Gasteiger partial charge in [-0.05, 0) is 49.8 Å². The first-order chi connectivity index (χ1) is 12.5. The molecule has 1 unspecified atom stereocenters. The minimum Gasteiger partial charge on any atom is -0.469 e. The standard InChI is InChI=1S/C19H21N3O3S/c1-13(8-9-14-5-4-12-25-14)20-17(23)10-11-22-18(24)15-6-2-3-7-16(15)21-19(22)26/h2-7,12-13H,8-11H2,1H3,(H,20,23)(H,21,26). The SMILES string of the molecule is CC(CCc1ccco1)NC(=O)CCn1c(=S)[nH]c2ccccc2c1=O. The molecule has 0 saturated heterocycles. The van der Waals surface area contributed by atoms with E-state index in [0.29, 0.717) is 15.7 Å². The van der Waals surface area contributed by atoms with Gasteiger partial charge in [-0.15, -0.1) is 0 Å². The number of furan rings is 1. The summed E-state index contributed by atoms with van der Waals surface area (Å²) in [6.45, 7) is 2.20. The number of nitrogens with zero attached hydrogens (tertiary/aromatic N) is 1. The van der Waals surface area contributed by atoms with Gasteiger partial charge < -0.3 is 14.7 Å². The molecule has 1 aromatic carbocycles. The molecule has 0 spiro atoms. The quantitative estimate of drug-likeness (QED) is 0.625. The highest BCUT2D eigenvalue weighted by atomic mass is 32.1. The van der Waals surface area contributed by atoms with Gasteiger partial charge in [-0.3, -0.25) is 14.2 Å². The second kappa shape index (κ2) is 8.14. The number of aryl methyl sites for hydroxylation is 1. The van der Waals surface area contributed by atoms with E-state index in [1.807, 2.05) is 31.2 Å². The van der Waals surface area contributed by atoms with Crippen molar-refractivity contribution in [2.24, 2.45) is 0 Å². The third kappa shape index (κ3) is 4.29. The van der Waals surface area contributed by atoms with Gasteiger partial charge in [0.1, 0.15) is 5.76 Å². The van der Waals surface area contributed by atoms with Crippen molar-refractivity contribution in [2.45, 2.75) is 38.8 Å². The normalized spacial score (nSPS) is 12.2. The van der Waals surface area contributed by atoms with E-state index in [2.05, 4.69) is 10.3 Å². The summed E-state index contributed by atoms with van der Waals surface area (Å²) >= 11 is 5.26. The van der Waals surface area contributed by atoms with E-state index in [9.17, 15) is 9.59 Å². The summed E-state index contributed by atoms with van der Waals surface area (Å²) in [6.07, 6.45) is 3.39. The first-order valence-corrected chi connectivity index (χ1v) is 8.99. The van der Waals surface area contributed by atoms with Crippen LogP contribution < -0.4 is 10.9 Å². The van der Waals surface area contributed by atoms with Crippen LogP contribution >= 0.6 is 12.2 Å². The molecule has 2 N–H and O–H groups in total. The number of H-pyrrole nitrogens is 1. The highest BCUT2D eigenvalue weighted by Crippen LogP contribution is 2.07. The van der Waals surface area contributed by atoms with E-state index in [0.717, 1.165) is 18.6 Å². The Kier molecular flexibility index (Phi) is 5.68. The second-order valence-electron chi connectivity index (χ2n) is 6.27. The van der Waals surface area contributed by atoms with Gasteiger partial charge in [0.2, 0.25) is 5.91 Å². The van der Waals surface area contributed by atoms with Crippen LogP contribution in [0.3, 0.4) is 0 Å². The Balaban J connectivity index is 1.58. The minimum atomic E-state index is -0.178. The minimum absolute atomic E-state index is 0.0236. The van der Waals surface area contributed by atoms with Crippen LogP contribution in [0.1, 0.15) is 25.5 Å². The molecule has 1 amide bonds. The number of benzene rings is 1. The first-order valence-electron chi connectivity index (χ1n) is 8.58. The van der Waals surface area contributed by atoms with Crippen LogP contribution in [0.15, 0.2) is 51.9 Å². The van der Waals surface area contributed by atoms with Crippen molar-refractivity contribution in [3.8, 4) is 0 Å². The number of aromatic nitrogens is 2. The molecule has 7 heteroatoms. The zero-order valence-electron chi connectivity index (χ0n) is 14.5. The average Bonchev–Trinajstić information content (AvgIpc) is 3.13. The number of amides is 1. The predicted molar refractivity (Wildman–Crippen MR) is 103 cm³/mol. The lowest BCUT2D eigenvalue weighted by atomic mass is 10.1. The third-order valence-electron chi connectivity index (χ3n) is 4.26. The molecule has 3 aromatic rings. The molecule has 3 rings (SSSR count). The molecular weight excluding hydrogens is 350 g/mol. The summed E-state index contributed by atoms with van der Waals surface area (Å²) in [4.78, 5) is 27.8. The number of para-hydroxylation sites is 1. The number of fused-ring (bicyclic) bond motifs is 1. The van der Waals surface area contributed by atoms with Crippen LogP contribution in [0.25, 0.3) is 10.9 Å². The predicted octanol–water partition coefficient (Wildman–Crippen LogP) is 3.18. The molecular formula is C19H21N3O3S. The van der Waals surface area contributed by atoms with E-state index >= 15 is 0 Å². The molecule has 136 valence electrons. The largest absolute Gasteiger partial charge is 0.469 e. The molecule has 0 aliphatic heterocycles. The second-order valence-corrected chi connectivity index (χ2v) is 6.66. The number of hydrogen-bond acceptors (Lipinski definition) is 4. The number of hydrogen-bond donors (Lipinski definition) is 2. The van der Waals surface area contributed by atoms with Crippen molar-refractivity contribution >= 4 is 29.0 Å². The fraction of sp³-hybridized carbons (Fsp3) is 0.316. The summed E-state index contributed by atoms with van der Waals surface area (Å²) in [7, 11) is 0. The molecule has 2 heterocycles. The molecule has 6 nitrogen and oxygen atoms in total. The Hall–Kier alpha value is -2.67. The molecule has 26 heavy (non-hydrogen) atoms. The van der Waals surface area contributed by atoms with Crippen molar-refractivity contribution < 1.29 is 9.21 Å². The highest BCUT2D eigenvalue weighted by Gasteiger charge is 2.11. The van der Waals surface area contributed by atoms with E-state index < -0.39 is 0 Å². The van der Waals surface area contributed by atoms with Gasteiger partial charge in [-0.1, -0.05) is 12.1 Å². The summed E-state index contributed by atoms with van der Waals surface area (Å²) < 4.78 is 7.05. The van der Waals surface area contributed by atoms with Gasteiger partial charge in [0, 0.05) is 25.4 Å². The van der Waals surface area contributed by atoms with Crippen molar-refractivity contribution in [1.82, 2.24) is 14.9 Å². The van der Waals surface area contributed by atoms with Crippen LogP contribution in [0.4, 0.5) is 0 Å². The molecule has 0 aliphatic carbocycles. The monoisotopic (exact) mass is 371 g/mol. The fourth-order valence-corrected chi connectivity index (χ4v) is 3.13. The maximum absolute atomic E-state index is 12.6. The van der Waals surface area contributed by atoms with Crippen LogP contribution in [0, 0.1) is 4.77 Å². The van der Waals surface area contributed by atoms with Gasteiger partial charge in [0.25, 0.3) is 5.56 Å². The number of carbonyl (C=O) groups excluding carboxylic acids is 1. The lowest BCUT2D eigenvalue weighted by Crippen LogP contribution is -2.34. The maximum atomic E-state index is 12.6. The van der Waals surface area contributed by atoms with Crippen LogP contribution in [-0.4, -0.2) is 21.5 Å². The summed E-state index contributed by atoms with van der Waals surface area (Å²) in [5.41, 5.74) is 0.526. The van der Waals surface area contributed by atoms with Gasteiger partial charge in [0.05, 0.1) is 17.2 Å². The smallest absolute Gasteiger partial charge is 0.262 e. The molecule has 0 saturated carbocycles. The van der Waals surface area contributed by atoms with Gasteiger partial charge in [-0.2, -0.15) is 0 Å². The topological polar surface area (TPSA) is 80.0 Å². The van der Waals surface area contributed by atoms with Crippen LogP contribution in [-0.2, 0) is 17.8 Å². The van der Waals surface area contributed by atoms with E-state index in [4.69, 9.17) is 16.6 Å². The molecule has 2 aromatic heterocycles. The molecule has 0 radical (unpaired) electrons. The number of rotatable bonds is 7. The summed E-state index contributed by atoms with van der Waals surface area (Å²) in [5.74, 6) is 0.798. The van der Waals surface area contributed by atoms with Crippen molar-refractivity contribution in [1.29, 1.82) is 0 Å². The number of nitrogens with one attached hydrogen (secondary N) is 2. The Morgan fingerprint density at radius 3 is 2.88 bits per heavy atom. The molecule has 1 atom stereocenters. The van der Waals surface area contributed by atoms with Crippen molar-refractivity contribution in [3.63, 3.8) is 0 Å². The summed E-state index contributed by atoms with van der Waals surface area (Å²) in [5, 5.41) is 3.51. The highest BCUT2D eigenvalue weighted by molar-refractivity contribution is 7.71. The van der Waals surface area contributed by atoms with Crippen LogP contribution in [0.5, 0.6) is 0 Å². The molecule has 0 bridgehead atoms. The van der Waals surface area contributed by atoms with Crippen LogP contribution in [0.2, 0.25) is 0 Å².